The van der Waals surface area contributed by atoms with Gasteiger partial charge in [0.2, 0.25) is 0 Å². The molecule has 2 nitrogen and oxygen atoms in total. The molecule has 3 heteroatoms. The van der Waals surface area contributed by atoms with E-state index in [1.807, 2.05) is 0 Å². The molecule has 0 radical (unpaired) electrons. The first-order valence-corrected chi connectivity index (χ1v) is 4.15. The number of rotatable bonds is 2. The first kappa shape index (κ1) is 9.81. The van der Waals surface area contributed by atoms with Gasteiger partial charge in [-0.25, -0.2) is 0 Å². The molecule has 0 fully saturated rings. The number of anilines is 1. The molecule has 0 aliphatic rings. The predicted octanol–water partition coefficient (Wildman–Crippen LogP) is 2.68. The number of allylic oxidation sites excluding steroid dienone is 1. The molecule has 2 N–H and O–H groups in total. The second-order valence-corrected chi connectivity index (χ2v) is 3.28. The highest BCUT2D eigenvalue weighted by Crippen LogP contribution is 2.20. The normalized spacial score (nSPS) is 9.69. The number of hydrogen-bond donors (Lipinski definition) is 1. The van der Waals surface area contributed by atoms with Crippen LogP contribution in [0.4, 0.5) is 5.69 Å². The van der Waals surface area contributed by atoms with Crippen LogP contribution in [0.3, 0.4) is 0 Å². The summed E-state index contributed by atoms with van der Waals surface area (Å²) in [6.45, 7) is 5.21. The summed E-state index contributed by atoms with van der Waals surface area (Å²) < 4.78 is 0. The molecule has 0 aliphatic carbocycles. The maximum absolute atomic E-state index is 11.5. The van der Waals surface area contributed by atoms with Gasteiger partial charge in [-0.05, 0) is 30.7 Å². The number of halogens is 1. The van der Waals surface area contributed by atoms with Crippen molar-refractivity contribution in [3.05, 3.63) is 40.9 Å². The molecule has 0 bridgehead atoms. The van der Waals surface area contributed by atoms with E-state index in [9.17, 15) is 4.79 Å². The Labute approximate surface area is 82.0 Å². The minimum absolute atomic E-state index is 0.144. The topological polar surface area (TPSA) is 43.1 Å². The van der Waals surface area contributed by atoms with Gasteiger partial charge >= 0.3 is 0 Å². The van der Waals surface area contributed by atoms with Crippen LogP contribution in [0.1, 0.15) is 17.3 Å². The van der Waals surface area contributed by atoms with Crippen LogP contribution in [0.25, 0.3) is 0 Å². The van der Waals surface area contributed by atoms with Gasteiger partial charge in [-0.1, -0.05) is 18.2 Å². The number of benzene rings is 1. The molecule has 0 atom stereocenters. The molecule has 1 rings (SSSR count). The van der Waals surface area contributed by atoms with Gasteiger partial charge in [0.15, 0.2) is 5.78 Å². The summed E-state index contributed by atoms with van der Waals surface area (Å²) >= 11 is 5.69. The van der Waals surface area contributed by atoms with Crippen LogP contribution < -0.4 is 5.73 Å². The maximum atomic E-state index is 11.5. The number of hydrogen-bond acceptors (Lipinski definition) is 2. The van der Waals surface area contributed by atoms with Gasteiger partial charge < -0.3 is 5.73 Å². The average Bonchev–Trinajstić information content (AvgIpc) is 2.03. The SMILES string of the molecule is C=C(C)C(=O)c1ccc(Cl)cc1N. The Balaban J connectivity index is 3.16. The Morgan fingerprint density at radius 2 is 2.15 bits per heavy atom. The number of carbonyl (C=O) groups excluding carboxylic acids is 1. The van der Waals surface area contributed by atoms with Crippen molar-refractivity contribution in [2.45, 2.75) is 6.92 Å². The van der Waals surface area contributed by atoms with Crippen LogP contribution in [0.15, 0.2) is 30.4 Å². The molecule has 0 spiro atoms. The van der Waals surface area contributed by atoms with Gasteiger partial charge in [-0.15, -0.1) is 0 Å². The van der Waals surface area contributed by atoms with Crippen molar-refractivity contribution in [3.63, 3.8) is 0 Å². The van der Waals surface area contributed by atoms with Crippen LogP contribution in [-0.4, -0.2) is 5.78 Å². The number of nitrogen functional groups attached to an aromatic ring is 1. The van der Waals surface area contributed by atoms with Crippen molar-refractivity contribution >= 4 is 23.1 Å². The molecular weight excluding hydrogens is 186 g/mol. The highest BCUT2D eigenvalue weighted by atomic mass is 35.5. The van der Waals surface area contributed by atoms with Crippen molar-refractivity contribution in [3.8, 4) is 0 Å². The van der Waals surface area contributed by atoms with E-state index in [1.165, 1.54) is 0 Å². The lowest BCUT2D eigenvalue weighted by Crippen LogP contribution is -2.03. The van der Waals surface area contributed by atoms with Crippen LogP contribution in [0, 0.1) is 0 Å². The molecule has 13 heavy (non-hydrogen) atoms. The largest absolute Gasteiger partial charge is 0.398 e. The first-order valence-electron chi connectivity index (χ1n) is 3.77. The summed E-state index contributed by atoms with van der Waals surface area (Å²) in [5.41, 5.74) is 6.93. The lowest BCUT2D eigenvalue weighted by Gasteiger charge is -2.03. The van der Waals surface area contributed by atoms with Crippen molar-refractivity contribution < 1.29 is 4.79 Å². The molecule has 0 amide bonds. The third kappa shape index (κ3) is 2.10. The minimum atomic E-state index is -0.144. The van der Waals surface area contributed by atoms with E-state index >= 15 is 0 Å². The zero-order valence-electron chi connectivity index (χ0n) is 7.30. The van der Waals surface area contributed by atoms with Gasteiger partial charge in [0.05, 0.1) is 0 Å². The number of nitrogens with two attached hydrogens (primary N) is 1. The smallest absolute Gasteiger partial charge is 0.190 e. The van der Waals surface area contributed by atoms with Gasteiger partial charge in [0.1, 0.15) is 0 Å². The number of carbonyl (C=O) groups is 1. The zero-order valence-corrected chi connectivity index (χ0v) is 8.06. The van der Waals surface area contributed by atoms with Crippen molar-refractivity contribution in [1.82, 2.24) is 0 Å². The van der Waals surface area contributed by atoms with E-state index in [1.54, 1.807) is 25.1 Å². The van der Waals surface area contributed by atoms with Crippen molar-refractivity contribution in [2.75, 3.05) is 5.73 Å². The first-order chi connectivity index (χ1) is 6.02. The van der Waals surface area contributed by atoms with Crippen molar-refractivity contribution in [1.29, 1.82) is 0 Å². The third-order valence-corrected chi connectivity index (χ3v) is 1.88. The maximum Gasteiger partial charge on any atom is 0.190 e. The lowest BCUT2D eigenvalue weighted by atomic mass is 10.0. The molecule has 1 aromatic carbocycles. The fourth-order valence-electron chi connectivity index (χ4n) is 0.970. The van der Waals surface area contributed by atoms with Crippen LogP contribution >= 0.6 is 11.6 Å². The zero-order chi connectivity index (χ0) is 10.0. The van der Waals surface area contributed by atoms with Gasteiger partial charge in [0.25, 0.3) is 0 Å². The standard InChI is InChI=1S/C10H10ClNO/c1-6(2)10(13)8-4-3-7(11)5-9(8)12/h3-5H,1,12H2,2H3. The monoisotopic (exact) mass is 195 g/mol. The highest BCUT2D eigenvalue weighted by Gasteiger charge is 2.09. The summed E-state index contributed by atoms with van der Waals surface area (Å²) in [4.78, 5) is 11.5. The molecule has 0 heterocycles. The Bertz CT molecular complexity index is 371. The highest BCUT2D eigenvalue weighted by molar-refractivity contribution is 6.31. The lowest BCUT2D eigenvalue weighted by molar-refractivity contribution is 0.103. The molecular formula is C10H10ClNO. The Hall–Kier alpha value is -1.28. The molecule has 68 valence electrons. The van der Waals surface area contributed by atoms with E-state index in [2.05, 4.69) is 6.58 Å². The van der Waals surface area contributed by atoms with Crippen molar-refractivity contribution in [2.24, 2.45) is 0 Å². The average molecular weight is 196 g/mol. The fraction of sp³-hybridized carbons (Fsp3) is 0.100. The number of ketones is 1. The van der Waals surface area contributed by atoms with Gasteiger partial charge in [-0.3, -0.25) is 4.79 Å². The van der Waals surface area contributed by atoms with E-state index < -0.39 is 0 Å². The van der Waals surface area contributed by atoms with Gasteiger partial charge in [0, 0.05) is 16.3 Å². The summed E-state index contributed by atoms with van der Waals surface area (Å²) in [5.74, 6) is -0.144. The molecule has 0 unspecified atom stereocenters. The fourth-order valence-corrected chi connectivity index (χ4v) is 1.15. The number of Topliss-reactive ketones (excluding diaryl/α,β-unsaturated/α-hetero) is 1. The van der Waals surface area contributed by atoms with E-state index in [-0.39, 0.29) is 5.78 Å². The van der Waals surface area contributed by atoms with Crippen LogP contribution in [-0.2, 0) is 0 Å². The summed E-state index contributed by atoms with van der Waals surface area (Å²) in [7, 11) is 0. The van der Waals surface area contributed by atoms with E-state index in [0.717, 1.165) is 0 Å². The quantitative estimate of drug-likeness (QED) is 0.448. The molecule has 0 aromatic heterocycles. The second-order valence-electron chi connectivity index (χ2n) is 2.84. The predicted molar refractivity (Wildman–Crippen MR) is 55.0 cm³/mol. The van der Waals surface area contributed by atoms with Gasteiger partial charge in [-0.2, -0.15) is 0 Å². The second kappa shape index (κ2) is 3.62. The van der Waals surface area contributed by atoms with E-state index in [4.69, 9.17) is 17.3 Å². The van der Waals surface area contributed by atoms with E-state index in [0.29, 0.717) is 21.8 Å². The Morgan fingerprint density at radius 1 is 1.54 bits per heavy atom. The Kier molecular flexibility index (Phi) is 2.73. The third-order valence-electron chi connectivity index (χ3n) is 1.65. The van der Waals surface area contributed by atoms with Crippen LogP contribution in [0.5, 0.6) is 0 Å². The summed E-state index contributed by atoms with van der Waals surface area (Å²) in [6.07, 6.45) is 0. The minimum Gasteiger partial charge on any atom is -0.398 e. The van der Waals surface area contributed by atoms with Crippen LogP contribution in [0.2, 0.25) is 5.02 Å². The summed E-state index contributed by atoms with van der Waals surface area (Å²) in [6, 6.07) is 4.79. The molecule has 0 aliphatic heterocycles. The summed E-state index contributed by atoms with van der Waals surface area (Å²) in [5, 5.41) is 0.524. The Morgan fingerprint density at radius 3 is 2.62 bits per heavy atom. The molecule has 0 saturated carbocycles. The molecule has 0 saturated heterocycles. The molecule has 1 aromatic rings.